The molecule has 0 aliphatic heterocycles. The van der Waals surface area contributed by atoms with Gasteiger partial charge in [-0.25, -0.2) is 8.78 Å². The molecule has 1 amide bonds. The number of carbonyl (C=O) groups is 1. The van der Waals surface area contributed by atoms with Gasteiger partial charge in [0, 0.05) is 11.8 Å². The summed E-state index contributed by atoms with van der Waals surface area (Å²) in [5.41, 5.74) is 7.05. The number of hydrogen-bond acceptors (Lipinski definition) is 3. The first-order valence-electron chi connectivity index (χ1n) is 6.93. The second kappa shape index (κ2) is 9.58. The Morgan fingerprint density at radius 2 is 2.05 bits per heavy atom. The van der Waals surface area contributed by atoms with Gasteiger partial charge in [-0.05, 0) is 24.5 Å². The van der Waals surface area contributed by atoms with Gasteiger partial charge in [-0.2, -0.15) is 0 Å². The molecule has 0 aromatic heterocycles. The van der Waals surface area contributed by atoms with Crippen molar-refractivity contribution in [1.82, 2.24) is 0 Å². The molecule has 0 heterocycles. The van der Waals surface area contributed by atoms with Crippen LogP contribution in [0.2, 0.25) is 0 Å². The van der Waals surface area contributed by atoms with E-state index in [1.807, 2.05) is 13.8 Å². The number of anilines is 1. The molecular weight excluding hydrogens is 314 g/mol. The number of nitrogens with one attached hydrogen (secondary N) is 1. The quantitative estimate of drug-likeness (QED) is 0.802. The van der Waals surface area contributed by atoms with E-state index in [1.54, 1.807) is 19.1 Å². The first kappa shape index (κ1) is 20.6. The van der Waals surface area contributed by atoms with Crippen molar-refractivity contribution < 1.29 is 18.3 Å². The van der Waals surface area contributed by atoms with Crippen LogP contribution >= 0.6 is 12.4 Å². The van der Waals surface area contributed by atoms with Crippen LogP contribution in [0.5, 0.6) is 5.75 Å². The Balaban J connectivity index is 0.00000441. The van der Waals surface area contributed by atoms with E-state index in [1.165, 1.54) is 6.07 Å². The third kappa shape index (κ3) is 6.15. The molecule has 1 rings (SSSR count). The van der Waals surface area contributed by atoms with Crippen molar-refractivity contribution in [1.29, 1.82) is 0 Å². The summed E-state index contributed by atoms with van der Waals surface area (Å²) in [4.78, 5) is 12.0. The lowest BCUT2D eigenvalue weighted by molar-refractivity contribution is -0.118. The van der Waals surface area contributed by atoms with Crippen LogP contribution in [0.25, 0.3) is 0 Å². The van der Waals surface area contributed by atoms with Gasteiger partial charge in [-0.1, -0.05) is 26.3 Å². The molecule has 2 unspecified atom stereocenters. The first-order chi connectivity index (χ1) is 9.85. The Bertz CT molecular complexity index is 487. The fraction of sp³-hybridized carbons (Fsp3) is 0.533. The van der Waals surface area contributed by atoms with Gasteiger partial charge < -0.3 is 15.8 Å². The minimum Gasteiger partial charge on any atom is -0.487 e. The summed E-state index contributed by atoms with van der Waals surface area (Å²) < 4.78 is 29.4. The summed E-state index contributed by atoms with van der Waals surface area (Å²) >= 11 is 0. The summed E-state index contributed by atoms with van der Waals surface area (Å²) in [7, 11) is 0. The predicted molar refractivity (Wildman–Crippen MR) is 86.0 cm³/mol. The van der Waals surface area contributed by atoms with Crippen LogP contribution in [0, 0.1) is 12.8 Å². The van der Waals surface area contributed by atoms with Gasteiger partial charge >= 0.3 is 0 Å². The zero-order chi connectivity index (χ0) is 16.0. The molecule has 22 heavy (non-hydrogen) atoms. The third-order valence-electron chi connectivity index (χ3n) is 3.38. The minimum atomic E-state index is -2.54. The summed E-state index contributed by atoms with van der Waals surface area (Å²) in [6, 6.07) is 4.30. The van der Waals surface area contributed by atoms with Gasteiger partial charge in [0.05, 0.1) is 6.04 Å². The van der Waals surface area contributed by atoms with Crippen molar-refractivity contribution in [3.63, 3.8) is 0 Å². The fourth-order valence-corrected chi connectivity index (χ4v) is 1.72. The lowest BCUT2D eigenvalue weighted by atomic mass is 9.99. The lowest BCUT2D eigenvalue weighted by Crippen LogP contribution is -2.40. The summed E-state index contributed by atoms with van der Waals surface area (Å²) in [6.45, 7) is 4.93. The average molecular weight is 337 g/mol. The molecule has 0 spiro atoms. The number of amides is 1. The molecule has 1 aromatic rings. The molecule has 0 radical (unpaired) electrons. The van der Waals surface area contributed by atoms with E-state index in [4.69, 9.17) is 10.5 Å². The summed E-state index contributed by atoms with van der Waals surface area (Å²) in [6.07, 6.45) is -1.74. The van der Waals surface area contributed by atoms with Gasteiger partial charge in [0.25, 0.3) is 6.43 Å². The number of rotatable bonds is 7. The largest absolute Gasteiger partial charge is 0.487 e. The molecule has 3 N–H and O–H groups in total. The molecule has 126 valence electrons. The molecule has 0 aliphatic carbocycles. The lowest BCUT2D eigenvalue weighted by Gasteiger charge is -2.18. The Morgan fingerprint density at radius 1 is 1.41 bits per heavy atom. The van der Waals surface area contributed by atoms with Gasteiger partial charge in [-0.3, -0.25) is 4.79 Å². The normalized spacial score (nSPS) is 13.2. The average Bonchev–Trinajstić information content (AvgIpc) is 2.45. The monoisotopic (exact) mass is 336 g/mol. The molecule has 0 aliphatic rings. The second-order valence-electron chi connectivity index (χ2n) is 5.08. The smallest absolute Gasteiger partial charge is 0.272 e. The highest BCUT2D eigenvalue weighted by atomic mass is 35.5. The Hall–Kier alpha value is -1.40. The van der Waals surface area contributed by atoms with Crippen LogP contribution in [-0.2, 0) is 4.79 Å². The highest BCUT2D eigenvalue weighted by Gasteiger charge is 2.19. The van der Waals surface area contributed by atoms with E-state index in [-0.39, 0.29) is 24.2 Å². The second-order valence-corrected chi connectivity index (χ2v) is 5.08. The molecule has 4 nitrogen and oxygen atoms in total. The molecule has 0 saturated heterocycles. The van der Waals surface area contributed by atoms with Gasteiger partial charge in [-0.15, -0.1) is 12.4 Å². The first-order valence-corrected chi connectivity index (χ1v) is 6.93. The van der Waals surface area contributed by atoms with Gasteiger partial charge in [0.15, 0.2) is 0 Å². The number of carbonyl (C=O) groups excluding carboxylic acids is 1. The summed E-state index contributed by atoms with van der Waals surface area (Å²) in [5.74, 6) is 0.0863. The molecule has 7 heteroatoms. The maximum Gasteiger partial charge on any atom is 0.272 e. The fourth-order valence-electron chi connectivity index (χ4n) is 1.72. The Morgan fingerprint density at radius 3 is 2.59 bits per heavy atom. The molecule has 0 saturated carbocycles. The zero-order valence-electron chi connectivity index (χ0n) is 12.9. The van der Waals surface area contributed by atoms with Crippen LogP contribution in [0.1, 0.15) is 25.8 Å². The molecule has 2 atom stereocenters. The highest BCUT2D eigenvalue weighted by molar-refractivity contribution is 5.95. The van der Waals surface area contributed by atoms with Crippen LogP contribution in [0.3, 0.4) is 0 Å². The van der Waals surface area contributed by atoms with Crippen molar-refractivity contribution in [3.8, 4) is 5.75 Å². The number of aryl methyl sites for hydroxylation is 1. The number of ether oxygens (including phenoxy) is 1. The van der Waals surface area contributed by atoms with Crippen molar-refractivity contribution >= 4 is 24.0 Å². The molecule has 0 fully saturated rings. The summed E-state index contributed by atoms with van der Waals surface area (Å²) in [5, 5.41) is 2.68. The third-order valence-corrected chi connectivity index (χ3v) is 3.38. The van der Waals surface area contributed by atoms with Crippen LogP contribution in [-0.4, -0.2) is 25.0 Å². The van der Waals surface area contributed by atoms with Crippen molar-refractivity contribution in [2.75, 3.05) is 11.9 Å². The van der Waals surface area contributed by atoms with E-state index < -0.39 is 19.1 Å². The zero-order valence-corrected chi connectivity index (χ0v) is 13.8. The van der Waals surface area contributed by atoms with E-state index in [0.717, 1.165) is 12.0 Å². The Labute approximate surface area is 135 Å². The molecule has 0 bridgehead atoms. The predicted octanol–water partition coefficient (Wildman–Crippen LogP) is 3.37. The number of alkyl halides is 2. The number of halogens is 3. The molecule has 1 aromatic carbocycles. The van der Waals surface area contributed by atoms with Crippen molar-refractivity contribution in [2.45, 2.75) is 39.7 Å². The standard InChI is InChI=1S/C15H22F2N2O2.ClH/c1-4-9(2)14(18)15(20)19-11-6-5-10(3)12(7-11)21-8-13(16)17;/h5-7,9,13-14H,4,8,18H2,1-3H3,(H,19,20);1H. The maximum absolute atomic E-state index is 12.2. The van der Waals surface area contributed by atoms with E-state index in [9.17, 15) is 13.6 Å². The topological polar surface area (TPSA) is 64.4 Å². The van der Waals surface area contributed by atoms with Gasteiger partial charge in [0.2, 0.25) is 5.91 Å². The number of benzene rings is 1. The maximum atomic E-state index is 12.2. The van der Waals surface area contributed by atoms with Crippen molar-refractivity contribution in [3.05, 3.63) is 23.8 Å². The van der Waals surface area contributed by atoms with Gasteiger partial charge in [0.1, 0.15) is 12.4 Å². The van der Waals surface area contributed by atoms with E-state index in [2.05, 4.69) is 5.32 Å². The van der Waals surface area contributed by atoms with E-state index in [0.29, 0.717) is 11.4 Å². The minimum absolute atomic E-state index is 0. The Kier molecular flexibility index (Phi) is 8.97. The van der Waals surface area contributed by atoms with Crippen LogP contribution in [0.4, 0.5) is 14.5 Å². The van der Waals surface area contributed by atoms with E-state index >= 15 is 0 Å². The van der Waals surface area contributed by atoms with Crippen LogP contribution in [0.15, 0.2) is 18.2 Å². The number of nitrogens with two attached hydrogens (primary N) is 1. The van der Waals surface area contributed by atoms with Crippen LogP contribution < -0.4 is 15.8 Å². The highest BCUT2D eigenvalue weighted by Crippen LogP contribution is 2.23. The van der Waals surface area contributed by atoms with Crippen molar-refractivity contribution in [2.24, 2.45) is 11.7 Å². The SMILES string of the molecule is CCC(C)C(N)C(=O)Nc1ccc(C)c(OCC(F)F)c1.Cl. The molecular formula is C15H23ClF2N2O2. The number of hydrogen-bond donors (Lipinski definition) is 2.